The lowest BCUT2D eigenvalue weighted by atomic mass is 10.3. The van der Waals surface area contributed by atoms with Crippen molar-refractivity contribution >= 4 is 17.3 Å². The van der Waals surface area contributed by atoms with Gasteiger partial charge < -0.3 is 14.8 Å². The van der Waals surface area contributed by atoms with Crippen LogP contribution in [0.1, 0.15) is 13.3 Å². The molecule has 7 nitrogen and oxygen atoms in total. The highest BCUT2D eigenvalue weighted by Gasteiger charge is 2.07. The summed E-state index contributed by atoms with van der Waals surface area (Å²) in [4.78, 5) is 21.9. The number of nitro benzene ring substituents is 1. The Labute approximate surface area is 139 Å². The number of anilines is 1. The Bertz CT molecular complexity index is 683. The van der Waals surface area contributed by atoms with Gasteiger partial charge in [0.2, 0.25) is 0 Å². The Balaban J connectivity index is 1.81. The van der Waals surface area contributed by atoms with Gasteiger partial charge in [-0.1, -0.05) is 6.92 Å². The monoisotopic (exact) mass is 330 g/mol. The van der Waals surface area contributed by atoms with Crippen LogP contribution in [0.25, 0.3) is 0 Å². The average Bonchev–Trinajstić information content (AvgIpc) is 2.59. The summed E-state index contributed by atoms with van der Waals surface area (Å²) in [6.45, 7) is 2.49. The lowest BCUT2D eigenvalue weighted by Gasteiger charge is -2.09. The van der Waals surface area contributed by atoms with Crippen molar-refractivity contribution in [1.29, 1.82) is 0 Å². The van der Waals surface area contributed by atoms with Crippen molar-refractivity contribution in [3.05, 3.63) is 58.6 Å². The molecular weight excluding hydrogens is 312 g/mol. The second-order valence-corrected chi connectivity index (χ2v) is 4.96. The zero-order valence-corrected chi connectivity index (χ0v) is 13.2. The lowest BCUT2D eigenvalue weighted by Crippen LogP contribution is -2.20. The number of nitro groups is 1. The SMILES string of the molecule is CCCOc1ccc(NC(=O)COc2ccc([N+](=O)[O-])cc2)cc1. The van der Waals surface area contributed by atoms with E-state index < -0.39 is 4.92 Å². The van der Waals surface area contributed by atoms with Crippen molar-refractivity contribution in [2.45, 2.75) is 13.3 Å². The van der Waals surface area contributed by atoms with E-state index in [0.29, 0.717) is 18.0 Å². The van der Waals surface area contributed by atoms with E-state index in [4.69, 9.17) is 9.47 Å². The van der Waals surface area contributed by atoms with E-state index in [-0.39, 0.29) is 18.2 Å². The first-order valence-electron chi connectivity index (χ1n) is 7.48. The molecular formula is C17H18N2O5. The van der Waals surface area contributed by atoms with Gasteiger partial charge in [-0.2, -0.15) is 0 Å². The van der Waals surface area contributed by atoms with Crippen LogP contribution in [-0.4, -0.2) is 24.0 Å². The lowest BCUT2D eigenvalue weighted by molar-refractivity contribution is -0.384. The van der Waals surface area contributed by atoms with Gasteiger partial charge in [0.25, 0.3) is 11.6 Å². The molecule has 1 N–H and O–H groups in total. The second-order valence-electron chi connectivity index (χ2n) is 4.96. The molecule has 0 atom stereocenters. The summed E-state index contributed by atoms with van der Waals surface area (Å²) in [5.41, 5.74) is 0.605. The van der Waals surface area contributed by atoms with Crippen LogP contribution in [0.5, 0.6) is 11.5 Å². The van der Waals surface area contributed by atoms with Crippen molar-refractivity contribution < 1.29 is 19.2 Å². The summed E-state index contributed by atoms with van der Waals surface area (Å²) in [7, 11) is 0. The van der Waals surface area contributed by atoms with E-state index in [1.165, 1.54) is 24.3 Å². The molecule has 0 aliphatic rings. The minimum Gasteiger partial charge on any atom is -0.494 e. The summed E-state index contributed by atoms with van der Waals surface area (Å²) >= 11 is 0. The van der Waals surface area contributed by atoms with Crippen LogP contribution in [0.2, 0.25) is 0 Å². The third-order valence-corrected chi connectivity index (χ3v) is 3.03. The van der Waals surface area contributed by atoms with Crippen LogP contribution in [0.3, 0.4) is 0 Å². The summed E-state index contributed by atoms with van der Waals surface area (Å²) in [5.74, 6) is 0.812. The molecule has 126 valence electrons. The highest BCUT2D eigenvalue weighted by Crippen LogP contribution is 2.18. The maximum absolute atomic E-state index is 11.8. The number of amides is 1. The van der Waals surface area contributed by atoms with Crippen LogP contribution in [0.15, 0.2) is 48.5 Å². The Hall–Kier alpha value is -3.09. The molecule has 2 aromatic rings. The molecule has 0 aliphatic carbocycles. The molecule has 0 bridgehead atoms. The molecule has 0 fully saturated rings. The summed E-state index contributed by atoms with van der Waals surface area (Å²) in [5, 5.41) is 13.3. The van der Waals surface area contributed by atoms with Crippen LogP contribution in [-0.2, 0) is 4.79 Å². The van der Waals surface area contributed by atoms with Gasteiger partial charge in [0.05, 0.1) is 11.5 Å². The first-order chi connectivity index (χ1) is 11.6. The van der Waals surface area contributed by atoms with E-state index in [2.05, 4.69) is 5.32 Å². The van der Waals surface area contributed by atoms with Crippen molar-refractivity contribution in [3.63, 3.8) is 0 Å². The number of hydrogen-bond acceptors (Lipinski definition) is 5. The van der Waals surface area contributed by atoms with E-state index >= 15 is 0 Å². The second kappa shape index (κ2) is 8.52. The number of ether oxygens (including phenoxy) is 2. The molecule has 0 aromatic heterocycles. The maximum atomic E-state index is 11.8. The molecule has 0 radical (unpaired) electrons. The summed E-state index contributed by atoms with van der Waals surface area (Å²) < 4.78 is 10.8. The first-order valence-corrected chi connectivity index (χ1v) is 7.48. The van der Waals surface area contributed by atoms with Crippen molar-refractivity contribution in [1.82, 2.24) is 0 Å². The molecule has 2 rings (SSSR count). The standard InChI is InChI=1S/C17H18N2O5/c1-2-11-23-15-7-3-13(4-8-15)18-17(20)12-24-16-9-5-14(6-10-16)19(21)22/h3-10H,2,11-12H2,1H3,(H,18,20). The van der Waals surface area contributed by atoms with E-state index in [9.17, 15) is 14.9 Å². The fraction of sp³-hybridized carbons (Fsp3) is 0.235. The van der Waals surface area contributed by atoms with Gasteiger partial charge in [0.1, 0.15) is 11.5 Å². The third-order valence-electron chi connectivity index (χ3n) is 3.03. The zero-order chi connectivity index (χ0) is 17.4. The Morgan fingerprint density at radius 3 is 2.21 bits per heavy atom. The smallest absolute Gasteiger partial charge is 0.269 e. The number of rotatable bonds is 8. The van der Waals surface area contributed by atoms with Gasteiger partial charge in [0.15, 0.2) is 6.61 Å². The maximum Gasteiger partial charge on any atom is 0.269 e. The van der Waals surface area contributed by atoms with Crippen molar-refractivity contribution in [2.24, 2.45) is 0 Å². The Morgan fingerprint density at radius 1 is 1.04 bits per heavy atom. The van der Waals surface area contributed by atoms with Gasteiger partial charge in [0, 0.05) is 17.8 Å². The van der Waals surface area contributed by atoms with E-state index in [0.717, 1.165) is 12.2 Å². The normalized spacial score (nSPS) is 10.0. The number of nitrogens with one attached hydrogen (secondary N) is 1. The Kier molecular flexibility index (Phi) is 6.13. The molecule has 24 heavy (non-hydrogen) atoms. The number of nitrogens with zero attached hydrogens (tertiary/aromatic N) is 1. The minimum atomic E-state index is -0.496. The predicted octanol–water partition coefficient (Wildman–Crippen LogP) is 3.40. The number of carbonyl (C=O) groups is 1. The highest BCUT2D eigenvalue weighted by atomic mass is 16.6. The first kappa shape index (κ1) is 17.3. The summed E-state index contributed by atoms with van der Waals surface area (Å²) in [6.07, 6.45) is 0.929. The molecule has 0 spiro atoms. The quantitative estimate of drug-likeness (QED) is 0.592. The highest BCUT2D eigenvalue weighted by molar-refractivity contribution is 5.91. The molecule has 2 aromatic carbocycles. The van der Waals surface area contributed by atoms with Crippen LogP contribution in [0, 0.1) is 10.1 Å². The van der Waals surface area contributed by atoms with Gasteiger partial charge >= 0.3 is 0 Å². The Morgan fingerprint density at radius 2 is 1.62 bits per heavy atom. The van der Waals surface area contributed by atoms with Crippen molar-refractivity contribution in [3.8, 4) is 11.5 Å². The average molecular weight is 330 g/mol. The van der Waals surface area contributed by atoms with Crippen molar-refractivity contribution in [2.75, 3.05) is 18.5 Å². The zero-order valence-electron chi connectivity index (χ0n) is 13.2. The van der Waals surface area contributed by atoms with E-state index in [1.807, 2.05) is 6.92 Å². The predicted molar refractivity (Wildman–Crippen MR) is 89.4 cm³/mol. The molecule has 1 amide bonds. The van der Waals surface area contributed by atoms with Gasteiger partial charge in [-0.05, 0) is 42.8 Å². The van der Waals surface area contributed by atoms with Gasteiger partial charge in [-0.3, -0.25) is 14.9 Å². The molecule has 7 heteroatoms. The molecule has 0 unspecified atom stereocenters. The van der Waals surface area contributed by atoms with Crippen LogP contribution >= 0.6 is 0 Å². The number of non-ortho nitro benzene ring substituents is 1. The van der Waals surface area contributed by atoms with Gasteiger partial charge in [-0.25, -0.2) is 0 Å². The minimum absolute atomic E-state index is 0.0304. The van der Waals surface area contributed by atoms with Gasteiger partial charge in [-0.15, -0.1) is 0 Å². The number of hydrogen-bond donors (Lipinski definition) is 1. The van der Waals surface area contributed by atoms with Crippen LogP contribution < -0.4 is 14.8 Å². The topological polar surface area (TPSA) is 90.7 Å². The van der Waals surface area contributed by atoms with Crippen LogP contribution in [0.4, 0.5) is 11.4 Å². The summed E-state index contributed by atoms with van der Waals surface area (Å²) in [6, 6.07) is 12.6. The fourth-order valence-electron chi connectivity index (χ4n) is 1.86. The molecule has 0 saturated heterocycles. The third kappa shape index (κ3) is 5.28. The fourth-order valence-corrected chi connectivity index (χ4v) is 1.86. The largest absolute Gasteiger partial charge is 0.494 e. The van der Waals surface area contributed by atoms with E-state index in [1.54, 1.807) is 24.3 Å². The molecule has 0 aliphatic heterocycles. The molecule has 0 saturated carbocycles. The number of benzene rings is 2. The number of carbonyl (C=O) groups excluding carboxylic acids is 1. The molecule has 0 heterocycles.